The minimum Gasteiger partial charge on any atom is -0.505 e. The van der Waals surface area contributed by atoms with Gasteiger partial charge >= 0.3 is 5.97 Å². The first kappa shape index (κ1) is 8.31. The molecular weight excluding hydrogens is 260 g/mol. The lowest BCUT2D eigenvalue weighted by atomic mass is 10.1. The molecule has 1 aromatic heterocycles. The highest BCUT2D eigenvalue weighted by atomic mass is 16.4. The normalized spacial score (nSPS) is 13.9. The summed E-state index contributed by atoms with van der Waals surface area (Å²) < 4.78 is 35.8. The first-order chi connectivity index (χ1) is 11.8. The quantitative estimate of drug-likeness (QED) is 0.764. The summed E-state index contributed by atoms with van der Waals surface area (Å²) in [6, 6.07) is 10.2. The maximum absolute atomic E-state index is 12.2. The molecule has 0 aliphatic carbocycles. The number of carboxylic acids is 1. The first-order valence-corrected chi connectivity index (χ1v) is 5.52. The van der Waals surface area contributed by atoms with E-state index in [9.17, 15) is 9.59 Å². The van der Waals surface area contributed by atoms with Gasteiger partial charge in [-0.3, -0.25) is 9.59 Å². The average Bonchev–Trinajstić information content (AvgIpc) is 2.66. The van der Waals surface area contributed by atoms with Crippen molar-refractivity contribution in [2.45, 2.75) is 0 Å². The molecule has 0 bridgehead atoms. The number of nitrogens with one attached hydrogen (secondary N) is 1. The Morgan fingerprint density at radius 3 is 2.85 bits per heavy atom. The lowest BCUT2D eigenvalue weighted by Gasteiger charge is -2.06. The Morgan fingerprint density at radius 2 is 2.15 bits per heavy atom. The number of carbonyl (C=O) groups is 2. The van der Waals surface area contributed by atoms with Gasteiger partial charge in [0.15, 0.2) is 7.11 Å². The zero-order chi connectivity index (χ0) is 18.6. The largest absolute Gasteiger partial charge is 0.505 e. The van der Waals surface area contributed by atoms with Crippen LogP contribution in [0.5, 0.6) is 5.75 Å². The summed E-state index contributed by atoms with van der Waals surface area (Å²) in [6.45, 7) is -3.21. The van der Waals surface area contributed by atoms with E-state index < -0.39 is 24.1 Å². The number of aromatic nitrogens is 1. The van der Waals surface area contributed by atoms with Gasteiger partial charge in [-0.1, -0.05) is 30.3 Å². The van der Waals surface area contributed by atoms with E-state index in [1.165, 1.54) is 12.3 Å². The first-order valence-electron chi connectivity index (χ1n) is 7.79. The molecule has 0 saturated carbocycles. The minimum atomic E-state index is -3.21. The van der Waals surface area contributed by atoms with E-state index in [4.69, 9.17) is 7.02 Å². The predicted molar refractivity (Wildman–Crippen MR) is 71.3 cm³/mol. The van der Waals surface area contributed by atoms with Gasteiger partial charge in [-0.2, -0.15) is 0 Å². The molecule has 20 heavy (non-hydrogen) atoms. The fraction of sp³-hybridized carbons (Fsp3) is 0.0714. The second-order valence-corrected chi connectivity index (χ2v) is 3.75. The molecule has 6 nitrogen and oxygen atoms in total. The van der Waals surface area contributed by atoms with Crippen LogP contribution in [-0.4, -0.2) is 35.0 Å². The summed E-state index contributed by atoms with van der Waals surface area (Å²) in [6.07, 6.45) is 1.29. The Morgan fingerprint density at radius 1 is 1.35 bits per heavy atom. The third kappa shape index (κ3) is 3.11. The highest BCUT2D eigenvalue weighted by Gasteiger charge is 2.14. The van der Waals surface area contributed by atoms with Crippen molar-refractivity contribution in [2.75, 3.05) is 6.50 Å². The third-order valence-electron chi connectivity index (χ3n) is 2.41. The topological polar surface area (TPSA) is 99.5 Å². The van der Waals surface area contributed by atoms with Crippen molar-refractivity contribution in [3.8, 4) is 16.9 Å². The van der Waals surface area contributed by atoms with Gasteiger partial charge in [-0.05, 0) is 11.6 Å². The van der Waals surface area contributed by atoms with Crippen LogP contribution in [0.4, 0.5) is 0 Å². The van der Waals surface area contributed by atoms with Crippen LogP contribution in [0.3, 0.4) is 0 Å². The van der Waals surface area contributed by atoms with Crippen molar-refractivity contribution in [3.63, 3.8) is 0 Å². The maximum Gasteiger partial charge on any atom is 0.322 e. The molecule has 2 rings (SSSR count). The van der Waals surface area contributed by atoms with Crippen LogP contribution in [0.1, 0.15) is 13.2 Å². The molecule has 2 aromatic rings. The SMILES string of the molecule is [2H]OC(=O)C([2H])([2H])N([2H])C(=O)c1ncc(-c2ccccc2)cc1O[2H]. The van der Waals surface area contributed by atoms with Crippen molar-refractivity contribution in [3.05, 3.63) is 48.3 Å². The van der Waals surface area contributed by atoms with Gasteiger partial charge in [0.05, 0.1) is 2.74 Å². The van der Waals surface area contributed by atoms with E-state index in [0.717, 1.165) is 5.56 Å². The van der Waals surface area contributed by atoms with Gasteiger partial charge in [0, 0.05) is 11.8 Å². The number of hydrogen-bond donors (Lipinski definition) is 3. The van der Waals surface area contributed by atoms with Gasteiger partial charge in [0.2, 0.25) is 0 Å². The Kier molecular flexibility index (Phi) is 2.43. The lowest BCUT2D eigenvalue weighted by molar-refractivity contribution is -0.135. The van der Waals surface area contributed by atoms with E-state index in [0.29, 0.717) is 5.56 Å². The third-order valence-corrected chi connectivity index (χ3v) is 2.41. The molecule has 0 aliphatic heterocycles. The molecule has 1 amide bonds. The smallest absolute Gasteiger partial charge is 0.322 e. The van der Waals surface area contributed by atoms with Crippen molar-refractivity contribution < 1.29 is 24.0 Å². The molecule has 0 atom stereocenters. The van der Waals surface area contributed by atoms with Crippen LogP contribution < -0.4 is 5.31 Å². The van der Waals surface area contributed by atoms with Crippen LogP contribution in [0.25, 0.3) is 12.6 Å². The van der Waals surface area contributed by atoms with Crippen LogP contribution in [-0.2, 0) is 4.79 Å². The second-order valence-electron chi connectivity index (χ2n) is 3.75. The van der Waals surface area contributed by atoms with Gasteiger partial charge in [0.1, 0.15) is 12.2 Å². The molecular formula is C14H12N2O4. The molecule has 0 radical (unpaired) electrons. The molecule has 1 aromatic carbocycles. The number of amides is 1. The average molecular weight is 277 g/mol. The Balaban J connectivity index is 2.39. The fourth-order valence-electron chi connectivity index (χ4n) is 1.54. The van der Waals surface area contributed by atoms with Crippen molar-refractivity contribution in [2.24, 2.45) is 0 Å². The summed E-state index contributed by atoms with van der Waals surface area (Å²) in [7, 11) is 0. The number of benzene rings is 1. The van der Waals surface area contributed by atoms with Gasteiger partial charge in [-0.25, -0.2) is 4.98 Å². The highest BCUT2D eigenvalue weighted by molar-refractivity contribution is 5.96. The maximum atomic E-state index is 12.2. The molecule has 102 valence electrons. The number of nitrogens with zero attached hydrogens (tertiary/aromatic N) is 1. The van der Waals surface area contributed by atoms with Crippen molar-refractivity contribution >= 4 is 11.9 Å². The Bertz CT molecular complexity index is 788. The number of hydrogen-bond acceptors (Lipinski definition) is 5. The van der Waals surface area contributed by atoms with Crippen molar-refractivity contribution in [1.29, 1.82) is 2.86 Å². The number of carbonyl (C=O) groups excluding carboxylic acids is 1. The van der Waals surface area contributed by atoms with Crippen LogP contribution >= 0.6 is 0 Å². The summed E-state index contributed by atoms with van der Waals surface area (Å²) in [5.74, 6) is -3.40. The molecule has 0 fully saturated rings. The monoisotopic (exact) mass is 277 g/mol. The number of rotatable bonds is 5. The van der Waals surface area contributed by atoms with E-state index >= 15 is 0 Å². The van der Waals surface area contributed by atoms with E-state index in [1.807, 2.05) is 6.07 Å². The standard InChI is InChI=1S/C14H12N2O4/c17-11-6-10(9-4-2-1-3-5-9)7-15-13(11)14(20)16-8-12(18)19/h1-7,17H,8H2,(H,16,20)(H,18,19)/i8D2/hD3. The summed E-state index contributed by atoms with van der Waals surface area (Å²) in [4.78, 5) is 27.3. The number of aliphatic carboxylic acids is 1. The molecule has 0 aliphatic rings. The summed E-state index contributed by atoms with van der Waals surface area (Å²) in [5.41, 5.74) is 0.735. The highest BCUT2D eigenvalue weighted by Crippen LogP contribution is 2.24. The zero-order valence-corrected chi connectivity index (χ0v) is 10.1. The van der Waals surface area contributed by atoms with Crippen LogP contribution in [0.15, 0.2) is 42.6 Å². The van der Waals surface area contributed by atoms with Gasteiger partial charge < -0.3 is 15.5 Å². The lowest BCUT2D eigenvalue weighted by Crippen LogP contribution is -2.29. The summed E-state index contributed by atoms with van der Waals surface area (Å²) in [5, 5.41) is 7.53. The van der Waals surface area contributed by atoms with Gasteiger partial charge in [-0.15, -0.1) is 0 Å². The molecule has 0 unspecified atom stereocenters. The second kappa shape index (κ2) is 5.83. The molecule has 0 spiro atoms. The predicted octanol–water partition coefficient (Wildman–Crippen LogP) is 1.27. The van der Waals surface area contributed by atoms with E-state index in [1.54, 1.807) is 24.3 Å². The molecule has 6 heteroatoms. The Labute approximate surface area is 122 Å². The number of carboxylic acid groups (broad SMARTS) is 1. The zero-order valence-electron chi connectivity index (χ0n) is 15.1. The van der Waals surface area contributed by atoms with Crippen molar-refractivity contribution in [1.82, 2.24) is 10.3 Å². The fourth-order valence-corrected chi connectivity index (χ4v) is 1.54. The molecule has 3 N–H and O–H groups in total. The molecule has 0 saturated heterocycles. The van der Waals surface area contributed by atoms with Gasteiger partial charge in [0.25, 0.3) is 8.77 Å². The van der Waals surface area contributed by atoms with Crippen LogP contribution in [0.2, 0.25) is 1.41 Å². The van der Waals surface area contributed by atoms with E-state index in [2.05, 4.69) is 15.2 Å². The van der Waals surface area contributed by atoms with Crippen LogP contribution in [0, 0.1) is 0 Å². The number of pyridine rings is 1. The molecule has 1 heterocycles. The Hall–Kier alpha value is -2.89. The minimum absolute atomic E-state index is 0.321. The summed E-state index contributed by atoms with van der Waals surface area (Å²) >= 11 is 0. The number of aromatic hydroxyl groups is 1. The van der Waals surface area contributed by atoms with E-state index in [-0.39, 0.29) is 11.1 Å².